The van der Waals surface area contributed by atoms with Crippen molar-refractivity contribution < 1.29 is 9.18 Å². The van der Waals surface area contributed by atoms with Crippen molar-refractivity contribution in [3.8, 4) is 11.8 Å². The molecular formula is C17H15FN2O. The molecule has 21 heavy (non-hydrogen) atoms. The maximum Gasteiger partial charge on any atom is 0.255 e. The fourth-order valence-electron chi connectivity index (χ4n) is 1.83. The van der Waals surface area contributed by atoms with Gasteiger partial charge in [0.05, 0.1) is 12.1 Å². The van der Waals surface area contributed by atoms with Gasteiger partial charge in [0.15, 0.2) is 0 Å². The van der Waals surface area contributed by atoms with Crippen LogP contribution in [0, 0.1) is 24.6 Å². The predicted octanol–water partition coefficient (Wildman–Crippen LogP) is 2.70. The number of carbonyl (C=O) groups excluding carboxylic acids is 1. The summed E-state index contributed by atoms with van der Waals surface area (Å²) in [5.74, 6) is 4.54. The zero-order valence-electron chi connectivity index (χ0n) is 11.6. The lowest BCUT2D eigenvalue weighted by atomic mass is 10.1. The summed E-state index contributed by atoms with van der Waals surface area (Å²) < 4.78 is 13.6. The Hall–Kier alpha value is -2.64. The molecule has 4 heteroatoms. The van der Waals surface area contributed by atoms with Crippen LogP contribution in [-0.4, -0.2) is 12.5 Å². The standard InChI is InChI=1S/C17H15FN2O/c1-12-4-2-5-14(10-12)17(21)20-15-7-8-16(18)13(11-15)6-3-9-19/h2,4-5,7-8,10-11H,9,19H2,1H3,(H,20,21). The highest BCUT2D eigenvalue weighted by molar-refractivity contribution is 6.04. The van der Waals surface area contributed by atoms with Crippen molar-refractivity contribution in [3.05, 3.63) is 65.0 Å². The predicted molar refractivity (Wildman–Crippen MR) is 81.5 cm³/mol. The average Bonchev–Trinajstić information content (AvgIpc) is 2.47. The fraction of sp³-hybridized carbons (Fsp3) is 0.118. The second kappa shape index (κ2) is 6.69. The molecule has 1 amide bonds. The summed E-state index contributed by atoms with van der Waals surface area (Å²) in [7, 11) is 0. The van der Waals surface area contributed by atoms with Gasteiger partial charge in [0.2, 0.25) is 0 Å². The molecule has 2 aromatic rings. The van der Waals surface area contributed by atoms with Gasteiger partial charge in [-0.2, -0.15) is 0 Å². The molecule has 106 valence electrons. The first-order valence-corrected chi connectivity index (χ1v) is 6.46. The van der Waals surface area contributed by atoms with Crippen molar-refractivity contribution in [2.24, 2.45) is 5.73 Å². The van der Waals surface area contributed by atoms with Gasteiger partial charge in [-0.05, 0) is 37.3 Å². The zero-order valence-corrected chi connectivity index (χ0v) is 11.6. The minimum absolute atomic E-state index is 0.152. The molecule has 3 N–H and O–H groups in total. The third kappa shape index (κ3) is 3.91. The van der Waals surface area contributed by atoms with Crippen molar-refractivity contribution >= 4 is 11.6 Å². The van der Waals surface area contributed by atoms with Gasteiger partial charge in [-0.3, -0.25) is 4.79 Å². The summed E-state index contributed by atoms with van der Waals surface area (Å²) in [4.78, 5) is 12.1. The van der Waals surface area contributed by atoms with Crippen LogP contribution in [0.4, 0.5) is 10.1 Å². The van der Waals surface area contributed by atoms with Gasteiger partial charge >= 0.3 is 0 Å². The average molecular weight is 282 g/mol. The Balaban J connectivity index is 2.21. The van der Waals surface area contributed by atoms with Gasteiger partial charge in [0.25, 0.3) is 5.91 Å². The fourth-order valence-corrected chi connectivity index (χ4v) is 1.83. The van der Waals surface area contributed by atoms with E-state index in [1.54, 1.807) is 12.1 Å². The molecule has 0 aliphatic rings. The lowest BCUT2D eigenvalue weighted by molar-refractivity contribution is 0.102. The minimum Gasteiger partial charge on any atom is -0.322 e. The molecule has 0 saturated carbocycles. The molecule has 3 nitrogen and oxygen atoms in total. The number of halogens is 1. The molecule has 2 rings (SSSR count). The van der Waals surface area contributed by atoms with E-state index in [4.69, 9.17) is 5.73 Å². The van der Waals surface area contributed by atoms with Crippen LogP contribution in [0.15, 0.2) is 42.5 Å². The largest absolute Gasteiger partial charge is 0.322 e. The number of anilines is 1. The molecule has 0 atom stereocenters. The highest BCUT2D eigenvalue weighted by Crippen LogP contribution is 2.15. The zero-order chi connectivity index (χ0) is 15.2. The number of carbonyl (C=O) groups is 1. The van der Waals surface area contributed by atoms with Crippen LogP contribution in [0.25, 0.3) is 0 Å². The third-order valence-corrected chi connectivity index (χ3v) is 2.83. The topological polar surface area (TPSA) is 55.1 Å². The number of rotatable bonds is 2. The molecule has 0 bridgehead atoms. The second-order valence-corrected chi connectivity index (χ2v) is 4.52. The maximum absolute atomic E-state index is 13.6. The number of hydrogen-bond acceptors (Lipinski definition) is 2. The second-order valence-electron chi connectivity index (χ2n) is 4.52. The summed E-state index contributed by atoms with van der Waals surface area (Å²) in [6, 6.07) is 11.5. The van der Waals surface area contributed by atoms with Gasteiger partial charge in [0.1, 0.15) is 5.82 Å². The Kier molecular flexibility index (Phi) is 4.70. The van der Waals surface area contributed by atoms with Gasteiger partial charge < -0.3 is 11.1 Å². The lowest BCUT2D eigenvalue weighted by Crippen LogP contribution is -2.12. The summed E-state index contributed by atoms with van der Waals surface area (Å²) in [5, 5.41) is 2.72. The number of aryl methyl sites for hydroxylation is 1. The van der Waals surface area contributed by atoms with Crippen LogP contribution in [0.5, 0.6) is 0 Å². The summed E-state index contributed by atoms with van der Waals surface area (Å²) in [6.07, 6.45) is 0. The van der Waals surface area contributed by atoms with Crippen molar-refractivity contribution in [3.63, 3.8) is 0 Å². The molecule has 0 heterocycles. The lowest BCUT2D eigenvalue weighted by Gasteiger charge is -2.07. The number of amides is 1. The number of nitrogens with two attached hydrogens (primary N) is 1. The summed E-state index contributed by atoms with van der Waals surface area (Å²) >= 11 is 0. The van der Waals surface area contributed by atoms with Crippen LogP contribution >= 0.6 is 0 Å². The number of hydrogen-bond donors (Lipinski definition) is 2. The molecule has 0 aliphatic heterocycles. The van der Waals surface area contributed by atoms with E-state index in [1.807, 2.05) is 19.1 Å². The van der Waals surface area contributed by atoms with E-state index in [9.17, 15) is 9.18 Å². The van der Waals surface area contributed by atoms with E-state index < -0.39 is 5.82 Å². The van der Waals surface area contributed by atoms with Gasteiger partial charge in [-0.15, -0.1) is 0 Å². The van der Waals surface area contributed by atoms with E-state index in [0.717, 1.165) is 5.56 Å². The number of benzene rings is 2. The highest BCUT2D eigenvalue weighted by Gasteiger charge is 2.07. The molecule has 0 aromatic heterocycles. The normalized spacial score (nSPS) is 9.67. The quantitative estimate of drug-likeness (QED) is 0.832. The van der Waals surface area contributed by atoms with E-state index in [2.05, 4.69) is 17.2 Å². The molecular weight excluding hydrogens is 267 g/mol. The Morgan fingerprint density at radius 2 is 2.10 bits per heavy atom. The van der Waals surface area contributed by atoms with Crippen LogP contribution in [0.3, 0.4) is 0 Å². The Morgan fingerprint density at radius 3 is 2.81 bits per heavy atom. The summed E-state index contributed by atoms with van der Waals surface area (Å²) in [5.41, 5.74) is 7.52. The minimum atomic E-state index is -0.440. The van der Waals surface area contributed by atoms with E-state index in [-0.39, 0.29) is 18.0 Å². The Labute approximate surface area is 123 Å². The first-order valence-electron chi connectivity index (χ1n) is 6.46. The van der Waals surface area contributed by atoms with Crippen LogP contribution in [0.2, 0.25) is 0 Å². The van der Waals surface area contributed by atoms with Crippen molar-refractivity contribution in [1.82, 2.24) is 0 Å². The Morgan fingerprint density at radius 1 is 1.29 bits per heavy atom. The summed E-state index contributed by atoms with van der Waals surface area (Å²) in [6.45, 7) is 2.06. The first-order chi connectivity index (χ1) is 10.1. The SMILES string of the molecule is Cc1cccc(C(=O)Nc2ccc(F)c(C#CCN)c2)c1. The first kappa shape index (κ1) is 14.8. The molecule has 2 aromatic carbocycles. The van der Waals surface area contributed by atoms with Crippen LogP contribution in [0.1, 0.15) is 21.5 Å². The van der Waals surface area contributed by atoms with E-state index in [0.29, 0.717) is 11.3 Å². The highest BCUT2D eigenvalue weighted by atomic mass is 19.1. The third-order valence-electron chi connectivity index (χ3n) is 2.83. The molecule has 0 unspecified atom stereocenters. The molecule has 0 fully saturated rings. The van der Waals surface area contributed by atoms with Gasteiger partial charge in [0, 0.05) is 11.3 Å². The van der Waals surface area contributed by atoms with E-state index in [1.165, 1.54) is 18.2 Å². The van der Waals surface area contributed by atoms with Gasteiger partial charge in [-0.1, -0.05) is 29.5 Å². The number of nitrogens with one attached hydrogen (secondary N) is 1. The van der Waals surface area contributed by atoms with Crippen molar-refractivity contribution in [2.75, 3.05) is 11.9 Å². The Bertz CT molecular complexity index is 729. The maximum atomic E-state index is 13.6. The van der Waals surface area contributed by atoms with Crippen LogP contribution in [-0.2, 0) is 0 Å². The van der Waals surface area contributed by atoms with Crippen molar-refractivity contribution in [1.29, 1.82) is 0 Å². The molecule has 0 spiro atoms. The van der Waals surface area contributed by atoms with Gasteiger partial charge in [-0.25, -0.2) is 4.39 Å². The van der Waals surface area contributed by atoms with E-state index >= 15 is 0 Å². The molecule has 0 radical (unpaired) electrons. The van der Waals surface area contributed by atoms with Crippen LogP contribution < -0.4 is 11.1 Å². The smallest absolute Gasteiger partial charge is 0.255 e. The molecule has 0 aliphatic carbocycles. The van der Waals surface area contributed by atoms with Crippen molar-refractivity contribution in [2.45, 2.75) is 6.92 Å². The molecule has 0 saturated heterocycles. The monoisotopic (exact) mass is 282 g/mol.